The van der Waals surface area contributed by atoms with Crippen LogP contribution in [-0.2, 0) is 16.5 Å². The first-order valence-electron chi connectivity index (χ1n) is 15.9. The summed E-state index contributed by atoms with van der Waals surface area (Å²) in [5, 5.41) is 3.39. The van der Waals surface area contributed by atoms with Crippen LogP contribution < -0.4 is 25.1 Å². The van der Waals surface area contributed by atoms with Gasteiger partial charge in [-0.1, -0.05) is 36.4 Å². The topological polar surface area (TPSA) is 176 Å². The molecule has 1 aliphatic rings. The van der Waals surface area contributed by atoms with Gasteiger partial charge in [0.1, 0.15) is 22.9 Å². The number of ketones is 1. The number of Topliss-reactive ketones (excluding diaryl/α,β-unsaturated/α-hetero) is 1. The lowest BCUT2D eigenvalue weighted by Gasteiger charge is -2.21. The summed E-state index contributed by atoms with van der Waals surface area (Å²) in [4.78, 5) is 48.2. The molecule has 6 aromatic rings. The van der Waals surface area contributed by atoms with Gasteiger partial charge in [-0.05, 0) is 67.4 Å². The maximum absolute atomic E-state index is 13.6. The second kappa shape index (κ2) is 15.2. The molecule has 13 nitrogen and oxygen atoms in total. The number of fused-ring (bicyclic) bond motifs is 2. The van der Waals surface area contributed by atoms with Crippen LogP contribution in [0.2, 0.25) is 0 Å². The van der Waals surface area contributed by atoms with Gasteiger partial charge in [0, 0.05) is 41.0 Å². The van der Waals surface area contributed by atoms with E-state index in [1.807, 2.05) is 6.07 Å². The number of nitrogens with zero attached hydrogens (tertiary/aromatic N) is 3. The van der Waals surface area contributed by atoms with E-state index in [1.54, 1.807) is 93.2 Å². The van der Waals surface area contributed by atoms with Crippen LogP contribution in [0, 0.1) is 0 Å². The lowest BCUT2D eigenvalue weighted by molar-refractivity contribution is 0.0971. The Balaban J connectivity index is 0.000000402. The van der Waals surface area contributed by atoms with Gasteiger partial charge in [-0.15, -0.1) is 0 Å². The van der Waals surface area contributed by atoms with Crippen molar-refractivity contribution in [2.45, 2.75) is 24.2 Å². The van der Waals surface area contributed by atoms with Crippen LogP contribution in [-0.4, -0.2) is 53.4 Å². The molecule has 52 heavy (non-hydrogen) atoms. The van der Waals surface area contributed by atoms with E-state index in [4.69, 9.17) is 18.8 Å². The number of benzene rings is 3. The summed E-state index contributed by atoms with van der Waals surface area (Å²) in [6, 6.07) is 26.3. The first-order valence-corrected chi connectivity index (χ1v) is 17.4. The predicted octanol–water partition coefficient (Wildman–Crippen LogP) is 6.29. The number of methoxy groups -OCH3 is 2. The minimum Gasteiger partial charge on any atom is -0.493 e. The van der Waals surface area contributed by atoms with Crippen LogP contribution >= 0.6 is 0 Å². The summed E-state index contributed by atoms with van der Waals surface area (Å²) < 4.78 is 47.5. The normalized spacial score (nSPS) is 12.2. The van der Waals surface area contributed by atoms with Crippen LogP contribution in [0.15, 0.2) is 119 Å². The van der Waals surface area contributed by atoms with E-state index < -0.39 is 21.6 Å². The van der Waals surface area contributed by atoms with Crippen LogP contribution in [0.4, 0.5) is 5.82 Å². The summed E-state index contributed by atoms with van der Waals surface area (Å²) in [5.74, 6) is 1.50. The monoisotopic (exact) mass is 720 g/mol. The molecule has 0 saturated heterocycles. The van der Waals surface area contributed by atoms with Crippen LogP contribution in [0.1, 0.15) is 39.3 Å². The van der Waals surface area contributed by atoms with Gasteiger partial charge in [0.2, 0.25) is 0 Å². The molecule has 3 heterocycles. The van der Waals surface area contributed by atoms with E-state index in [-0.39, 0.29) is 22.1 Å². The minimum absolute atomic E-state index is 0.0741. The number of hydrogen-bond acceptors (Lipinski definition) is 10. The molecule has 0 spiro atoms. The predicted molar refractivity (Wildman–Crippen MR) is 193 cm³/mol. The molecule has 0 radical (unpaired) electrons. The van der Waals surface area contributed by atoms with Crippen molar-refractivity contribution >= 4 is 38.5 Å². The van der Waals surface area contributed by atoms with Crippen molar-refractivity contribution in [2.75, 3.05) is 19.5 Å². The van der Waals surface area contributed by atoms with E-state index >= 15 is 0 Å². The molecule has 1 amide bonds. The average Bonchev–Trinajstić information content (AvgIpc) is 3.15. The standard InChI is InChI=1S/C32H26N4O6.C6H6O3S/c1-40-28-16-21-24(17-29(28)41-2)33-14-13-27(21)42-20-11-12-30(34-18-20)35-31(38)23-15-22-25(9-6-10-26(22)37)36(32(23)39)19-7-4-3-5-8-19;7-10(8,9)6-4-2-1-3-5-6/h3-5,7-8,11-18H,6,9-10H2,1-2H3,(H,34,35,38);1-5H,(H,7,8,9). The lowest BCUT2D eigenvalue weighted by atomic mass is 9.92. The highest BCUT2D eigenvalue weighted by Gasteiger charge is 2.26. The summed E-state index contributed by atoms with van der Waals surface area (Å²) in [5.41, 5.74) is 1.64. The van der Waals surface area contributed by atoms with Gasteiger partial charge in [-0.3, -0.25) is 28.5 Å². The number of nitrogens with one attached hydrogen (secondary N) is 1. The Labute approximate surface area is 298 Å². The Bertz CT molecular complexity index is 2440. The number of ether oxygens (including phenoxy) is 3. The number of pyridine rings is 3. The molecular weight excluding hydrogens is 689 g/mol. The van der Waals surface area contributed by atoms with Crippen molar-refractivity contribution in [1.82, 2.24) is 14.5 Å². The molecule has 3 aromatic carbocycles. The minimum atomic E-state index is -4.00. The number of amides is 1. The Morgan fingerprint density at radius 1 is 0.827 bits per heavy atom. The van der Waals surface area contributed by atoms with Gasteiger partial charge in [0.05, 0.1) is 30.8 Å². The first kappa shape index (κ1) is 35.4. The third kappa shape index (κ3) is 7.67. The van der Waals surface area contributed by atoms with E-state index in [1.165, 1.54) is 29.0 Å². The molecule has 14 heteroatoms. The average molecular weight is 721 g/mol. The Morgan fingerprint density at radius 2 is 1.52 bits per heavy atom. The smallest absolute Gasteiger partial charge is 0.294 e. The Kier molecular flexibility index (Phi) is 10.4. The molecular formula is C38H32N4O9S. The summed E-state index contributed by atoms with van der Waals surface area (Å²) in [7, 11) is -0.895. The summed E-state index contributed by atoms with van der Waals surface area (Å²) in [6.45, 7) is 0. The zero-order valence-corrected chi connectivity index (χ0v) is 28.8. The number of para-hydroxylation sites is 1. The third-order valence-corrected chi connectivity index (χ3v) is 9.00. The first-order chi connectivity index (χ1) is 25.1. The van der Waals surface area contributed by atoms with Crippen LogP contribution in [0.5, 0.6) is 23.0 Å². The van der Waals surface area contributed by atoms with Crippen molar-refractivity contribution < 1.29 is 36.8 Å². The van der Waals surface area contributed by atoms with E-state index in [9.17, 15) is 22.8 Å². The van der Waals surface area contributed by atoms with Crippen LogP contribution in [0.3, 0.4) is 0 Å². The number of hydrogen-bond donors (Lipinski definition) is 2. The maximum atomic E-state index is 13.6. The number of aromatic nitrogens is 3. The van der Waals surface area contributed by atoms with E-state index in [0.29, 0.717) is 70.1 Å². The second-order valence-electron chi connectivity index (χ2n) is 11.4. The quantitative estimate of drug-likeness (QED) is 0.169. The zero-order valence-electron chi connectivity index (χ0n) is 28.0. The molecule has 0 bridgehead atoms. The Hall–Kier alpha value is -6.38. The highest BCUT2D eigenvalue weighted by Crippen LogP contribution is 2.37. The fourth-order valence-electron chi connectivity index (χ4n) is 5.66. The largest absolute Gasteiger partial charge is 0.493 e. The van der Waals surface area contributed by atoms with Gasteiger partial charge in [0.25, 0.3) is 21.6 Å². The second-order valence-corrected chi connectivity index (χ2v) is 12.8. The highest BCUT2D eigenvalue weighted by atomic mass is 32.2. The van der Waals surface area contributed by atoms with E-state index in [2.05, 4.69) is 15.3 Å². The highest BCUT2D eigenvalue weighted by molar-refractivity contribution is 7.85. The zero-order chi connectivity index (χ0) is 36.8. The van der Waals surface area contributed by atoms with Crippen molar-refractivity contribution in [3.05, 3.63) is 137 Å². The van der Waals surface area contributed by atoms with Crippen molar-refractivity contribution in [1.29, 1.82) is 0 Å². The number of anilines is 1. The molecule has 3 aromatic heterocycles. The van der Waals surface area contributed by atoms with Gasteiger partial charge in [-0.25, -0.2) is 4.98 Å². The molecule has 0 atom stereocenters. The maximum Gasteiger partial charge on any atom is 0.294 e. The lowest BCUT2D eigenvalue weighted by Crippen LogP contribution is -2.33. The molecule has 264 valence electrons. The van der Waals surface area contributed by atoms with Gasteiger partial charge in [-0.2, -0.15) is 8.42 Å². The van der Waals surface area contributed by atoms with Crippen molar-refractivity contribution in [3.63, 3.8) is 0 Å². The fourth-order valence-corrected chi connectivity index (χ4v) is 6.16. The summed E-state index contributed by atoms with van der Waals surface area (Å²) >= 11 is 0. The fraction of sp³-hybridized carbons (Fsp3) is 0.132. The number of carbonyl (C=O) groups excluding carboxylic acids is 2. The molecule has 7 rings (SSSR count). The van der Waals surface area contributed by atoms with Crippen molar-refractivity contribution in [3.8, 4) is 28.7 Å². The third-order valence-electron chi connectivity index (χ3n) is 8.13. The molecule has 0 saturated carbocycles. The van der Waals surface area contributed by atoms with E-state index in [0.717, 1.165) is 0 Å². The molecule has 2 N–H and O–H groups in total. The Morgan fingerprint density at radius 3 is 2.15 bits per heavy atom. The van der Waals surface area contributed by atoms with Crippen molar-refractivity contribution in [2.24, 2.45) is 0 Å². The van der Waals surface area contributed by atoms with Gasteiger partial charge in [0.15, 0.2) is 17.3 Å². The SMILES string of the molecule is COc1cc2nccc(Oc3ccc(NC(=O)c4cc5c(n(-c6ccccc6)c4=O)CCCC5=O)nc3)c2cc1OC.O=S(=O)(O)c1ccccc1. The molecule has 0 fully saturated rings. The summed E-state index contributed by atoms with van der Waals surface area (Å²) in [6.07, 6.45) is 4.68. The van der Waals surface area contributed by atoms with Crippen LogP contribution in [0.25, 0.3) is 16.6 Å². The molecule has 1 aliphatic carbocycles. The van der Waals surface area contributed by atoms with Gasteiger partial charge >= 0.3 is 0 Å². The van der Waals surface area contributed by atoms with Gasteiger partial charge < -0.3 is 19.5 Å². The number of rotatable bonds is 8. The number of carbonyl (C=O) groups is 2. The molecule has 0 unspecified atom stereocenters. The molecule has 0 aliphatic heterocycles.